The number of nitrogens with zero attached hydrogens (tertiary/aromatic N) is 3. The van der Waals surface area contributed by atoms with E-state index in [0.717, 1.165) is 17.9 Å². The van der Waals surface area contributed by atoms with Gasteiger partial charge in [-0.1, -0.05) is 52.1 Å². The van der Waals surface area contributed by atoms with E-state index in [9.17, 15) is 19.2 Å². The maximum Gasteiger partial charge on any atom is 0.246 e. The molecule has 4 amide bonds. The normalized spacial score (nSPS) is 27.1. The van der Waals surface area contributed by atoms with Crippen LogP contribution in [-0.2, 0) is 28.7 Å². The smallest absolute Gasteiger partial charge is 0.246 e. The van der Waals surface area contributed by atoms with Gasteiger partial charge in [0.1, 0.15) is 29.9 Å². The molecule has 4 heterocycles. The Kier molecular flexibility index (Phi) is 19.3. The lowest BCUT2D eigenvalue weighted by Crippen LogP contribution is -2.57. The highest BCUT2D eigenvalue weighted by atomic mass is 32.2. The molecule has 60 heavy (non-hydrogen) atoms. The van der Waals surface area contributed by atoms with E-state index in [-0.39, 0.29) is 72.8 Å². The van der Waals surface area contributed by atoms with Crippen LogP contribution in [0.15, 0.2) is 17.0 Å². The first-order chi connectivity index (χ1) is 28.5. The van der Waals surface area contributed by atoms with Gasteiger partial charge in [-0.05, 0) is 76.0 Å². The molecule has 0 aromatic heterocycles. The molecule has 338 valence electrons. The van der Waals surface area contributed by atoms with Crippen LogP contribution in [0.4, 0.5) is 0 Å². The lowest BCUT2D eigenvalue weighted by atomic mass is 9.84. The number of rotatable bonds is 21. The zero-order chi connectivity index (χ0) is 44.2. The number of hydrogen-bond acceptors (Lipinski definition) is 15. The van der Waals surface area contributed by atoms with Gasteiger partial charge in [-0.15, -0.1) is 23.5 Å². The molecule has 4 saturated heterocycles. The number of carbonyl (C=O) groups excluding carboxylic acids is 4. The van der Waals surface area contributed by atoms with Gasteiger partial charge < -0.3 is 56.5 Å². The van der Waals surface area contributed by atoms with Crippen LogP contribution in [0.5, 0.6) is 0 Å². The highest BCUT2D eigenvalue weighted by Gasteiger charge is 2.55. The van der Waals surface area contributed by atoms with Crippen molar-refractivity contribution in [2.45, 2.75) is 114 Å². The van der Waals surface area contributed by atoms with Crippen molar-refractivity contribution < 1.29 is 28.7 Å². The molecule has 4 fully saturated rings. The minimum atomic E-state index is -0.633. The summed E-state index contributed by atoms with van der Waals surface area (Å²) in [6, 6.07) is -2.36. The Hall–Kier alpha value is -2.66. The molecule has 0 saturated carbocycles. The molecule has 0 aromatic carbocycles. The summed E-state index contributed by atoms with van der Waals surface area (Å²) in [4.78, 5) is 59.4. The topological polar surface area (TPSA) is 214 Å². The number of thioether (sulfide) groups is 2. The first-order valence-corrected chi connectivity index (χ1v) is 23.7. The first-order valence-electron chi connectivity index (χ1n) is 20.8. The van der Waals surface area contributed by atoms with Crippen molar-refractivity contribution in [3.05, 3.63) is 11.9 Å². The molecule has 4 aliphatic rings. The zero-order valence-electron chi connectivity index (χ0n) is 36.3. The van der Waals surface area contributed by atoms with Gasteiger partial charge in [0.25, 0.3) is 0 Å². The largest absolute Gasteiger partial charge is 0.387 e. The second kappa shape index (κ2) is 23.1. The van der Waals surface area contributed by atoms with Crippen LogP contribution in [0.25, 0.3) is 0 Å². The molecule has 0 aliphatic carbocycles. The summed E-state index contributed by atoms with van der Waals surface area (Å²) in [5.41, 5.74) is 7.08. The van der Waals surface area contributed by atoms with Crippen molar-refractivity contribution in [1.29, 1.82) is 5.53 Å². The summed E-state index contributed by atoms with van der Waals surface area (Å²) in [5.74, 6) is 0.962. The molecule has 0 spiro atoms. The molecule has 21 heteroatoms. The maximum atomic E-state index is 13.8. The van der Waals surface area contributed by atoms with Gasteiger partial charge in [-0.2, -0.15) is 5.11 Å². The number of ether oxygens (including phenoxy) is 2. The fraction of sp³-hybridized carbons (Fsp3) is 0.795. The number of nitrogens with one attached hydrogen (secondary N) is 8. The molecule has 17 nitrogen and oxygen atoms in total. The maximum absolute atomic E-state index is 13.8. The summed E-state index contributed by atoms with van der Waals surface area (Å²) < 4.78 is 11.4. The quantitative estimate of drug-likeness (QED) is 0.0468. The van der Waals surface area contributed by atoms with E-state index in [1.807, 2.05) is 55.6 Å². The fourth-order valence-electron chi connectivity index (χ4n) is 7.95. The summed E-state index contributed by atoms with van der Waals surface area (Å²) >= 11 is 14.5. The summed E-state index contributed by atoms with van der Waals surface area (Å²) in [7, 11) is 3.64. The van der Waals surface area contributed by atoms with Gasteiger partial charge >= 0.3 is 0 Å². The van der Waals surface area contributed by atoms with E-state index >= 15 is 0 Å². The Morgan fingerprint density at radius 1 is 0.800 bits per heavy atom. The van der Waals surface area contributed by atoms with Crippen molar-refractivity contribution in [1.82, 2.24) is 47.0 Å². The lowest BCUT2D eigenvalue weighted by molar-refractivity contribution is -0.142. The Morgan fingerprint density at radius 3 is 1.67 bits per heavy atom. The highest BCUT2D eigenvalue weighted by molar-refractivity contribution is 8.00. The monoisotopic (exact) mass is 913 g/mol. The van der Waals surface area contributed by atoms with Crippen LogP contribution in [0, 0.1) is 16.4 Å². The van der Waals surface area contributed by atoms with Crippen molar-refractivity contribution in [2.24, 2.45) is 15.9 Å². The zero-order valence-corrected chi connectivity index (χ0v) is 39.6. The average Bonchev–Trinajstić information content (AvgIpc) is 3.53. The van der Waals surface area contributed by atoms with Gasteiger partial charge in [-0.3, -0.25) is 19.2 Å². The predicted octanol–water partition coefficient (Wildman–Crippen LogP) is 1.68. The van der Waals surface area contributed by atoms with Gasteiger partial charge in [0.15, 0.2) is 0 Å². The average molecular weight is 914 g/mol. The number of thiocarbonyl (C=S) groups is 2. The van der Waals surface area contributed by atoms with E-state index < -0.39 is 35.0 Å². The van der Waals surface area contributed by atoms with Crippen molar-refractivity contribution >= 4 is 81.6 Å². The number of hydrogen-bond donors (Lipinski definition) is 8. The molecule has 0 aromatic rings. The molecule has 0 bridgehead atoms. The van der Waals surface area contributed by atoms with Crippen LogP contribution in [0.1, 0.15) is 67.2 Å². The molecule has 0 radical (unpaired) electrons. The third-order valence-corrected chi connectivity index (χ3v) is 15.0. The first kappa shape index (κ1) is 50.0. The Labute approximate surface area is 374 Å². The number of fused-ring (bicyclic) bond motifs is 2. The molecule has 2 unspecified atom stereocenters. The van der Waals surface area contributed by atoms with E-state index in [1.165, 1.54) is 0 Å². The van der Waals surface area contributed by atoms with Crippen molar-refractivity contribution in [3.8, 4) is 0 Å². The number of likely N-dealkylation sites (N-methyl/N-ethyl adjacent to an activating group) is 2. The summed E-state index contributed by atoms with van der Waals surface area (Å²) in [6.45, 7) is 13.8. The lowest BCUT2D eigenvalue weighted by Gasteiger charge is -2.34. The van der Waals surface area contributed by atoms with Crippen LogP contribution >= 0.6 is 48.0 Å². The van der Waals surface area contributed by atoms with Crippen molar-refractivity contribution in [2.75, 3.05) is 71.7 Å². The van der Waals surface area contributed by atoms with Gasteiger partial charge in [0.05, 0.1) is 59.2 Å². The highest BCUT2D eigenvalue weighted by Crippen LogP contribution is 2.47. The van der Waals surface area contributed by atoms with Crippen LogP contribution in [0.2, 0.25) is 0 Å². The second-order valence-electron chi connectivity index (χ2n) is 17.0. The minimum absolute atomic E-state index is 0.0603. The third kappa shape index (κ3) is 12.9. The standard InChI is InChI=1S/C39H67N11O6S4/c1-23(41-7)34(57)46-26-9-17-59-28-19-38(3,4)30(49(28)36(26)53)32(51)44-12-15-55-14-11-43-21-25(48-40)22-56-16-13-45-33(52)31-39(5,6)20-29-50(31)37(54)27(10-18-60-29)47-35(58)24(2)42-8/h21,23-24,26-31,40-43H,9-20,22H2,1-8H3,(H,44,51)(H,45,52)(H,46,57)(H,47,58)/b25-21-,48-40?/t23-,24-,26-,27-,28?,29?,30+,31+/m0/s1. The molecule has 4 aliphatic heterocycles. The Bertz CT molecular complexity index is 1590. The van der Waals surface area contributed by atoms with E-state index in [4.69, 9.17) is 39.4 Å². The second-order valence-corrected chi connectivity index (χ2v) is 20.5. The van der Waals surface area contributed by atoms with Gasteiger partial charge in [-0.25, -0.2) is 5.53 Å². The predicted molar refractivity (Wildman–Crippen MR) is 245 cm³/mol. The van der Waals surface area contributed by atoms with Crippen LogP contribution < -0.4 is 37.2 Å². The Morgan fingerprint density at radius 2 is 1.23 bits per heavy atom. The number of amides is 4. The molecule has 4 rings (SSSR count). The van der Waals surface area contributed by atoms with E-state index in [2.05, 4.69) is 42.3 Å². The van der Waals surface area contributed by atoms with E-state index in [1.54, 1.807) is 39.5 Å². The molecular weight excluding hydrogens is 847 g/mol. The Balaban J connectivity index is 1.14. The molecule has 8 N–H and O–H groups in total. The number of carbonyl (C=O) groups is 4. The fourth-order valence-corrected chi connectivity index (χ4v) is 11.6. The molecule has 8 atom stereocenters. The minimum Gasteiger partial charge on any atom is -0.387 e. The SMILES string of the molecule is CN[C@@H](C)C(=S)N[C@H]1CCSC2CC(C)(C)[C@@H](C(=O)NCCOCCN/C=C(/COCCNC(=O)[C@H]3N4C(=O)[C@@H](NC(=S)[C@H](C)NC)CCSC4CC3(C)C)N=N)N2C1=O. The van der Waals surface area contributed by atoms with Gasteiger partial charge in [0.2, 0.25) is 23.6 Å². The summed E-state index contributed by atoms with van der Waals surface area (Å²) in [5, 5.41) is 25.1. The van der Waals surface area contributed by atoms with E-state index in [0.29, 0.717) is 54.6 Å². The molecular formula is C39H67N11O6S4. The van der Waals surface area contributed by atoms with Crippen molar-refractivity contribution in [3.63, 3.8) is 0 Å². The summed E-state index contributed by atoms with van der Waals surface area (Å²) in [6.07, 6.45) is 4.28. The third-order valence-electron chi connectivity index (χ3n) is 11.5. The van der Waals surface area contributed by atoms with Crippen LogP contribution in [-0.4, -0.2) is 162 Å². The van der Waals surface area contributed by atoms with Crippen LogP contribution in [0.3, 0.4) is 0 Å². The van der Waals surface area contributed by atoms with Gasteiger partial charge in [0, 0.05) is 25.8 Å².